The minimum Gasteiger partial charge on any atom is -0.465 e. The smallest absolute Gasteiger partial charge is 0.188 e. The van der Waals surface area contributed by atoms with E-state index >= 15 is 0 Å². The fraction of sp³-hybridized carbons (Fsp3) is 0.571. The Morgan fingerprint density at radius 2 is 0.970 bits per heavy atom. The normalized spacial score (nSPS) is 12.6. The van der Waals surface area contributed by atoms with E-state index < -0.39 is 0 Å². The average molecular weight is 458 g/mol. The van der Waals surface area contributed by atoms with Crippen LogP contribution in [0, 0.1) is 0 Å². The highest BCUT2D eigenvalue weighted by Gasteiger charge is 2.33. The fourth-order valence-electron chi connectivity index (χ4n) is 3.97. The van der Waals surface area contributed by atoms with Gasteiger partial charge in [-0.15, -0.1) is 0 Å². The first-order valence-corrected chi connectivity index (χ1v) is 11.5. The summed E-state index contributed by atoms with van der Waals surface area (Å²) in [7, 11) is 3.29. The molecule has 0 amide bonds. The summed E-state index contributed by atoms with van der Waals surface area (Å²) in [6.07, 6.45) is 0. The number of benzene rings is 2. The van der Waals surface area contributed by atoms with Crippen molar-refractivity contribution in [3.63, 3.8) is 0 Å². The standard InChI is InChI=1S/C28H43NO4/c1-26(2,3)20-14-12-16-22(24(20)32-18-30-10)29(28(7,8)9)23-17-13-15-21(27(4,5)6)25(23)33-19-31-11/h12-17H,18-19H2,1-11H3. The summed E-state index contributed by atoms with van der Waals surface area (Å²) in [5.41, 5.74) is 3.70. The summed E-state index contributed by atoms with van der Waals surface area (Å²) in [4.78, 5) is 2.30. The van der Waals surface area contributed by atoms with Crippen molar-refractivity contribution < 1.29 is 18.9 Å². The summed E-state index contributed by atoms with van der Waals surface area (Å²) in [5, 5.41) is 0. The Labute approximate surface area is 201 Å². The fourth-order valence-corrected chi connectivity index (χ4v) is 3.97. The zero-order chi connectivity index (χ0) is 25.0. The van der Waals surface area contributed by atoms with Gasteiger partial charge in [0, 0.05) is 30.9 Å². The van der Waals surface area contributed by atoms with Gasteiger partial charge in [0.25, 0.3) is 0 Å². The molecule has 0 saturated heterocycles. The first-order valence-electron chi connectivity index (χ1n) is 11.5. The monoisotopic (exact) mass is 457 g/mol. The van der Waals surface area contributed by atoms with Crippen LogP contribution in [-0.4, -0.2) is 33.3 Å². The van der Waals surface area contributed by atoms with Crippen molar-refractivity contribution in [2.75, 3.05) is 32.7 Å². The molecule has 33 heavy (non-hydrogen) atoms. The molecule has 2 rings (SSSR count). The van der Waals surface area contributed by atoms with Crippen molar-refractivity contribution in [1.29, 1.82) is 0 Å². The van der Waals surface area contributed by atoms with E-state index in [2.05, 4.69) is 104 Å². The Bertz CT molecular complexity index is 847. The van der Waals surface area contributed by atoms with Gasteiger partial charge >= 0.3 is 0 Å². The molecule has 0 aliphatic rings. The Morgan fingerprint density at radius 3 is 1.24 bits per heavy atom. The molecule has 0 saturated carbocycles. The molecule has 0 radical (unpaired) electrons. The van der Waals surface area contributed by atoms with Gasteiger partial charge in [0.1, 0.15) is 11.5 Å². The van der Waals surface area contributed by atoms with E-state index in [9.17, 15) is 0 Å². The maximum Gasteiger partial charge on any atom is 0.188 e. The van der Waals surface area contributed by atoms with Gasteiger partial charge in [-0.25, -0.2) is 0 Å². The van der Waals surface area contributed by atoms with Crippen molar-refractivity contribution >= 4 is 11.4 Å². The quantitative estimate of drug-likeness (QED) is 0.393. The van der Waals surface area contributed by atoms with Crippen molar-refractivity contribution in [2.24, 2.45) is 0 Å². The molecule has 0 N–H and O–H groups in total. The summed E-state index contributed by atoms with van der Waals surface area (Å²) < 4.78 is 23.1. The molecule has 2 aromatic carbocycles. The van der Waals surface area contributed by atoms with Crippen molar-refractivity contribution in [3.8, 4) is 11.5 Å². The van der Waals surface area contributed by atoms with E-state index in [1.54, 1.807) is 14.2 Å². The lowest BCUT2D eigenvalue weighted by Gasteiger charge is -2.41. The van der Waals surface area contributed by atoms with Crippen LogP contribution in [0.5, 0.6) is 11.5 Å². The third-order valence-electron chi connectivity index (χ3n) is 5.40. The molecule has 2 aromatic rings. The maximum atomic E-state index is 6.23. The van der Waals surface area contributed by atoms with Crippen LogP contribution < -0.4 is 14.4 Å². The zero-order valence-electron chi connectivity index (χ0n) is 22.5. The molecule has 5 nitrogen and oxygen atoms in total. The zero-order valence-corrected chi connectivity index (χ0v) is 22.5. The number of anilines is 2. The number of para-hydroxylation sites is 2. The Kier molecular flexibility index (Phi) is 8.47. The van der Waals surface area contributed by atoms with Crippen molar-refractivity contribution in [3.05, 3.63) is 47.5 Å². The van der Waals surface area contributed by atoms with Crippen LogP contribution in [0.4, 0.5) is 11.4 Å². The van der Waals surface area contributed by atoms with E-state index in [1.807, 2.05) is 0 Å². The van der Waals surface area contributed by atoms with E-state index in [-0.39, 0.29) is 30.0 Å². The number of rotatable bonds is 8. The summed E-state index contributed by atoms with van der Waals surface area (Å²) in [6.45, 7) is 20.1. The Morgan fingerprint density at radius 1 is 0.606 bits per heavy atom. The maximum absolute atomic E-state index is 6.23. The lowest BCUT2D eigenvalue weighted by Crippen LogP contribution is -2.38. The molecule has 5 heteroatoms. The van der Waals surface area contributed by atoms with Gasteiger partial charge < -0.3 is 23.8 Å². The van der Waals surface area contributed by atoms with Crippen LogP contribution in [-0.2, 0) is 20.3 Å². The Balaban J connectivity index is 2.89. The van der Waals surface area contributed by atoms with Gasteiger partial charge in [-0.3, -0.25) is 0 Å². The second-order valence-electron chi connectivity index (χ2n) is 11.4. The third-order valence-corrected chi connectivity index (χ3v) is 5.40. The molecule has 0 aliphatic heterocycles. The largest absolute Gasteiger partial charge is 0.465 e. The topological polar surface area (TPSA) is 40.2 Å². The average Bonchev–Trinajstić information content (AvgIpc) is 2.69. The highest BCUT2D eigenvalue weighted by molar-refractivity contribution is 5.78. The molecule has 0 heterocycles. The molecule has 0 spiro atoms. The minimum absolute atomic E-state index is 0.106. The van der Waals surface area contributed by atoms with E-state index in [4.69, 9.17) is 18.9 Å². The molecular weight excluding hydrogens is 414 g/mol. The summed E-state index contributed by atoms with van der Waals surface area (Å²) in [6, 6.07) is 12.7. The first kappa shape index (κ1) is 27.0. The number of hydrogen-bond donors (Lipinski definition) is 0. The van der Waals surface area contributed by atoms with Crippen LogP contribution >= 0.6 is 0 Å². The second-order valence-corrected chi connectivity index (χ2v) is 11.4. The molecule has 0 bridgehead atoms. The number of nitrogens with zero attached hydrogens (tertiary/aromatic N) is 1. The van der Waals surface area contributed by atoms with Crippen LogP contribution in [0.3, 0.4) is 0 Å². The van der Waals surface area contributed by atoms with E-state index in [1.165, 1.54) is 0 Å². The van der Waals surface area contributed by atoms with Gasteiger partial charge in [-0.05, 0) is 43.7 Å². The van der Waals surface area contributed by atoms with Crippen molar-refractivity contribution in [2.45, 2.75) is 78.7 Å². The molecule has 184 valence electrons. The predicted octanol–water partition coefficient (Wildman–Crippen LogP) is 7.18. The highest BCUT2D eigenvalue weighted by atomic mass is 16.7. The lowest BCUT2D eigenvalue weighted by atomic mass is 9.84. The predicted molar refractivity (Wildman–Crippen MR) is 137 cm³/mol. The first-order chi connectivity index (χ1) is 15.2. The van der Waals surface area contributed by atoms with Crippen LogP contribution in [0.2, 0.25) is 0 Å². The molecule has 0 aliphatic carbocycles. The molecular formula is C28H43NO4. The van der Waals surface area contributed by atoms with Crippen LogP contribution in [0.25, 0.3) is 0 Å². The number of ether oxygens (including phenoxy) is 4. The second kappa shape index (κ2) is 10.4. The van der Waals surface area contributed by atoms with Gasteiger partial charge in [0.2, 0.25) is 0 Å². The van der Waals surface area contributed by atoms with Gasteiger partial charge in [-0.2, -0.15) is 0 Å². The van der Waals surface area contributed by atoms with E-state index in [0.29, 0.717) is 0 Å². The highest BCUT2D eigenvalue weighted by Crippen LogP contribution is 2.49. The minimum atomic E-state index is -0.274. The molecule has 0 aromatic heterocycles. The van der Waals surface area contributed by atoms with Gasteiger partial charge in [0.05, 0.1) is 11.4 Å². The molecule has 0 fully saturated rings. The SMILES string of the molecule is COCOc1c(N(c2cccc(C(C)(C)C)c2OCOC)C(C)(C)C)cccc1C(C)(C)C. The molecule has 0 atom stereocenters. The van der Waals surface area contributed by atoms with Crippen LogP contribution in [0.1, 0.15) is 73.4 Å². The van der Waals surface area contributed by atoms with E-state index in [0.717, 1.165) is 34.0 Å². The van der Waals surface area contributed by atoms with Crippen LogP contribution in [0.15, 0.2) is 36.4 Å². The van der Waals surface area contributed by atoms with Gasteiger partial charge in [0.15, 0.2) is 13.6 Å². The Hall–Kier alpha value is -2.24. The number of methoxy groups -OCH3 is 2. The summed E-state index contributed by atoms with van der Waals surface area (Å²) >= 11 is 0. The third kappa shape index (κ3) is 6.42. The number of hydrogen-bond acceptors (Lipinski definition) is 5. The molecule has 0 unspecified atom stereocenters. The van der Waals surface area contributed by atoms with Crippen molar-refractivity contribution in [1.82, 2.24) is 0 Å². The lowest BCUT2D eigenvalue weighted by molar-refractivity contribution is 0.0495. The van der Waals surface area contributed by atoms with Gasteiger partial charge in [-0.1, -0.05) is 65.8 Å². The summed E-state index contributed by atoms with van der Waals surface area (Å²) in [5.74, 6) is 1.64.